The van der Waals surface area contributed by atoms with Crippen LogP contribution in [0.5, 0.6) is 11.5 Å². The third-order valence-electron chi connectivity index (χ3n) is 2.69. The van der Waals surface area contributed by atoms with E-state index in [0.717, 1.165) is 23.8 Å². The van der Waals surface area contributed by atoms with Crippen molar-refractivity contribution < 1.29 is 9.47 Å². The first-order valence-electron chi connectivity index (χ1n) is 6.00. The summed E-state index contributed by atoms with van der Waals surface area (Å²) in [5.41, 5.74) is 1.17. The maximum absolute atomic E-state index is 5.48. The Balaban J connectivity index is 1.89. The second kappa shape index (κ2) is 6.17. The van der Waals surface area contributed by atoms with E-state index in [1.54, 1.807) is 0 Å². The predicted molar refractivity (Wildman–Crippen MR) is 71.9 cm³/mol. The molecule has 0 saturated heterocycles. The summed E-state index contributed by atoms with van der Waals surface area (Å²) in [6.07, 6.45) is 0. The van der Waals surface area contributed by atoms with Gasteiger partial charge in [-0.05, 0) is 18.7 Å². The minimum absolute atomic E-state index is 0.341. The van der Waals surface area contributed by atoms with Gasteiger partial charge in [0.25, 0.3) is 0 Å². The topological polar surface area (TPSA) is 30.5 Å². The zero-order valence-corrected chi connectivity index (χ0v) is 11.2. The lowest BCUT2D eigenvalue weighted by Crippen LogP contribution is -2.27. The fourth-order valence-electron chi connectivity index (χ4n) is 1.77. The summed E-state index contributed by atoms with van der Waals surface area (Å²) >= 11 is 1.96. The summed E-state index contributed by atoms with van der Waals surface area (Å²) in [7, 11) is 0. The van der Waals surface area contributed by atoms with Crippen LogP contribution >= 0.6 is 11.8 Å². The molecule has 94 valence electrons. The molecule has 3 nitrogen and oxygen atoms in total. The molecule has 1 aromatic rings. The number of nitrogens with one attached hydrogen (secondary N) is 1. The van der Waals surface area contributed by atoms with Crippen molar-refractivity contribution >= 4 is 11.8 Å². The first-order valence-corrected chi connectivity index (χ1v) is 7.15. The van der Waals surface area contributed by atoms with Gasteiger partial charge in [-0.2, -0.15) is 11.8 Å². The Hall–Kier alpha value is -0.870. The minimum Gasteiger partial charge on any atom is -0.454 e. The van der Waals surface area contributed by atoms with Crippen LogP contribution in [0.25, 0.3) is 0 Å². The number of fused-ring (bicyclic) bond motifs is 1. The fraction of sp³-hybridized carbons (Fsp3) is 0.538. The molecule has 4 heteroatoms. The summed E-state index contributed by atoms with van der Waals surface area (Å²) in [4.78, 5) is 0. The van der Waals surface area contributed by atoms with E-state index in [0.29, 0.717) is 12.8 Å². The summed E-state index contributed by atoms with van der Waals surface area (Å²) < 4.78 is 10.8. The molecule has 0 aromatic heterocycles. The highest BCUT2D eigenvalue weighted by molar-refractivity contribution is 7.99. The van der Waals surface area contributed by atoms with Gasteiger partial charge in [0.2, 0.25) is 6.79 Å². The highest BCUT2D eigenvalue weighted by Gasteiger charge is 2.17. The number of para-hydroxylation sites is 1. The van der Waals surface area contributed by atoms with Crippen molar-refractivity contribution in [3.8, 4) is 11.5 Å². The lowest BCUT2D eigenvalue weighted by atomic mass is 10.2. The van der Waals surface area contributed by atoms with Crippen molar-refractivity contribution in [1.82, 2.24) is 5.32 Å². The third-order valence-corrected chi connectivity index (χ3v) is 3.84. The summed E-state index contributed by atoms with van der Waals surface area (Å²) in [6.45, 7) is 5.57. The molecule has 1 heterocycles. The van der Waals surface area contributed by atoms with Gasteiger partial charge in [-0.15, -0.1) is 0 Å². The zero-order valence-electron chi connectivity index (χ0n) is 10.4. The monoisotopic (exact) mass is 253 g/mol. The quantitative estimate of drug-likeness (QED) is 0.844. The fourth-order valence-corrected chi connectivity index (χ4v) is 2.47. The maximum Gasteiger partial charge on any atom is 0.231 e. The Morgan fingerprint density at radius 1 is 1.41 bits per heavy atom. The Kier molecular flexibility index (Phi) is 4.57. The van der Waals surface area contributed by atoms with Crippen molar-refractivity contribution in [3.05, 3.63) is 23.8 Å². The van der Waals surface area contributed by atoms with Crippen LogP contribution in [0.3, 0.4) is 0 Å². The van der Waals surface area contributed by atoms with Crippen LogP contribution in [0, 0.1) is 0 Å². The van der Waals surface area contributed by atoms with Crippen molar-refractivity contribution in [2.45, 2.75) is 26.4 Å². The molecule has 1 aliphatic rings. The van der Waals surface area contributed by atoms with Crippen LogP contribution in [0.4, 0.5) is 0 Å². The van der Waals surface area contributed by atoms with Gasteiger partial charge in [0.1, 0.15) is 0 Å². The van der Waals surface area contributed by atoms with Crippen LogP contribution in [-0.4, -0.2) is 24.3 Å². The largest absolute Gasteiger partial charge is 0.454 e. The molecule has 0 saturated carbocycles. The number of rotatable bonds is 6. The third kappa shape index (κ3) is 3.30. The molecular weight excluding hydrogens is 234 g/mol. The average Bonchev–Trinajstić information content (AvgIpc) is 2.82. The second-order valence-electron chi connectivity index (χ2n) is 4.09. The highest BCUT2D eigenvalue weighted by atomic mass is 32.2. The Morgan fingerprint density at radius 2 is 2.29 bits per heavy atom. The molecule has 0 radical (unpaired) electrons. The second-order valence-corrected chi connectivity index (χ2v) is 5.41. The van der Waals surface area contributed by atoms with Crippen molar-refractivity contribution in [1.29, 1.82) is 0 Å². The number of benzene rings is 1. The Labute approximate surface area is 107 Å². The first-order chi connectivity index (χ1) is 8.31. The van der Waals surface area contributed by atoms with Gasteiger partial charge in [-0.25, -0.2) is 0 Å². The molecule has 1 N–H and O–H groups in total. The van der Waals surface area contributed by atoms with E-state index in [2.05, 4.69) is 25.2 Å². The SMILES string of the molecule is CCSCC(C)NCc1cccc2c1OCO2. The molecule has 0 amide bonds. The van der Waals surface area contributed by atoms with Crippen LogP contribution in [-0.2, 0) is 6.54 Å². The van der Waals surface area contributed by atoms with Gasteiger partial charge in [-0.1, -0.05) is 19.1 Å². The number of ether oxygens (including phenoxy) is 2. The van der Waals surface area contributed by atoms with Gasteiger partial charge in [-0.3, -0.25) is 0 Å². The van der Waals surface area contributed by atoms with Gasteiger partial charge in [0.15, 0.2) is 11.5 Å². The first kappa shape index (κ1) is 12.6. The van der Waals surface area contributed by atoms with E-state index >= 15 is 0 Å². The molecule has 1 aliphatic heterocycles. The van der Waals surface area contributed by atoms with E-state index in [1.165, 1.54) is 11.3 Å². The summed E-state index contributed by atoms with van der Waals surface area (Å²) in [5.74, 6) is 4.07. The van der Waals surface area contributed by atoms with Gasteiger partial charge >= 0.3 is 0 Å². The molecule has 17 heavy (non-hydrogen) atoms. The van der Waals surface area contributed by atoms with E-state index in [9.17, 15) is 0 Å². The molecule has 1 aromatic carbocycles. The lowest BCUT2D eigenvalue weighted by molar-refractivity contribution is 0.173. The van der Waals surface area contributed by atoms with Gasteiger partial charge in [0, 0.05) is 23.9 Å². The van der Waals surface area contributed by atoms with Gasteiger partial charge < -0.3 is 14.8 Å². The predicted octanol–water partition coefficient (Wildman–Crippen LogP) is 2.65. The van der Waals surface area contributed by atoms with Crippen molar-refractivity contribution in [2.75, 3.05) is 18.3 Å². The van der Waals surface area contributed by atoms with Crippen LogP contribution in [0.15, 0.2) is 18.2 Å². The molecule has 0 aliphatic carbocycles. The molecule has 1 unspecified atom stereocenters. The van der Waals surface area contributed by atoms with E-state index in [1.807, 2.05) is 23.9 Å². The lowest BCUT2D eigenvalue weighted by Gasteiger charge is -2.13. The zero-order chi connectivity index (χ0) is 12.1. The summed E-state index contributed by atoms with van der Waals surface area (Å²) in [5, 5.41) is 3.51. The van der Waals surface area contributed by atoms with E-state index in [-0.39, 0.29) is 0 Å². The smallest absolute Gasteiger partial charge is 0.231 e. The summed E-state index contributed by atoms with van der Waals surface area (Å²) in [6, 6.07) is 6.55. The standard InChI is InChI=1S/C13H19NO2S/c1-3-17-8-10(2)14-7-11-5-4-6-12-13(11)16-9-15-12/h4-6,10,14H,3,7-9H2,1-2H3. The number of thioether (sulfide) groups is 1. The van der Waals surface area contributed by atoms with Crippen molar-refractivity contribution in [2.24, 2.45) is 0 Å². The average molecular weight is 253 g/mol. The Bertz CT molecular complexity index is 370. The maximum atomic E-state index is 5.48. The minimum atomic E-state index is 0.341. The van der Waals surface area contributed by atoms with Crippen LogP contribution in [0.1, 0.15) is 19.4 Å². The molecule has 0 spiro atoms. The number of hydrogen-bond donors (Lipinski definition) is 1. The molecule has 1 atom stereocenters. The van der Waals surface area contributed by atoms with Crippen LogP contribution in [0.2, 0.25) is 0 Å². The molecular formula is C13H19NO2S. The normalized spacial score (nSPS) is 14.9. The molecule has 2 rings (SSSR count). The highest BCUT2D eigenvalue weighted by Crippen LogP contribution is 2.35. The molecule has 0 fully saturated rings. The molecule has 0 bridgehead atoms. The van der Waals surface area contributed by atoms with E-state index in [4.69, 9.17) is 9.47 Å². The van der Waals surface area contributed by atoms with E-state index < -0.39 is 0 Å². The van der Waals surface area contributed by atoms with Crippen molar-refractivity contribution in [3.63, 3.8) is 0 Å². The van der Waals surface area contributed by atoms with Crippen LogP contribution < -0.4 is 14.8 Å². The number of hydrogen-bond acceptors (Lipinski definition) is 4. The van der Waals surface area contributed by atoms with Gasteiger partial charge in [0.05, 0.1) is 0 Å². The Morgan fingerprint density at radius 3 is 3.12 bits per heavy atom.